The zero-order valence-corrected chi connectivity index (χ0v) is 5.37. The molecule has 3 N–H and O–H groups in total. The molecule has 5 nitrogen and oxygen atoms in total. The molecule has 0 saturated carbocycles. The Morgan fingerprint density at radius 3 is 2.55 bits per heavy atom. The fourth-order valence-electron chi connectivity index (χ4n) is 0.652. The maximum Gasteiger partial charge on any atom is 0.336 e. The van der Waals surface area contributed by atoms with Crippen LogP contribution < -0.4 is 5.56 Å². The number of nitrogens with one attached hydrogen (secondary N) is 1. The molecule has 0 unspecified atom stereocenters. The standard InChI is InChI=1S/C6H5NO4/c8-4-1-3(6(10)11)2-5(9)7-4/h1-2H,(H,10,11)(H2,7,8,9)/i1+1,2+1,3+1,4+1,5+1,6+1. The monoisotopic (exact) mass is 161 g/mol. The van der Waals surface area contributed by atoms with Crippen LogP contribution in [0, 0.1) is 0 Å². The molecule has 58 valence electrons. The molecular formula is C6H5NO4. The van der Waals surface area contributed by atoms with Crippen molar-refractivity contribution in [3.05, 3.63) is 28.0 Å². The molecule has 1 aromatic heterocycles. The first-order valence-electron chi connectivity index (χ1n) is 2.76. The highest BCUT2D eigenvalue weighted by Gasteiger charge is 2.04. The highest BCUT2D eigenvalue weighted by atomic mass is 16.5. The van der Waals surface area contributed by atoms with Gasteiger partial charge in [-0.2, -0.15) is 0 Å². The van der Waals surface area contributed by atoms with Crippen LogP contribution in [0.15, 0.2) is 16.9 Å². The van der Waals surface area contributed by atoms with Gasteiger partial charge in [0.1, 0.15) is 0 Å². The third kappa shape index (κ3) is 1.57. The first-order valence-corrected chi connectivity index (χ1v) is 2.76. The van der Waals surface area contributed by atoms with Gasteiger partial charge in [0.15, 0.2) is 5.88 Å². The van der Waals surface area contributed by atoms with Crippen LogP contribution in [0.5, 0.6) is 5.88 Å². The molecule has 0 saturated heterocycles. The van der Waals surface area contributed by atoms with Crippen molar-refractivity contribution in [2.75, 3.05) is 0 Å². The third-order valence-electron chi connectivity index (χ3n) is 1.08. The predicted octanol–water partition coefficient (Wildman–Crippen LogP) is -0.221. The summed E-state index contributed by atoms with van der Waals surface area (Å²) in [5.41, 5.74) is -0.867. The van der Waals surface area contributed by atoms with Gasteiger partial charge in [-0.05, 0) is 0 Å². The lowest BCUT2D eigenvalue weighted by molar-refractivity contribution is 0.0696. The highest BCUT2D eigenvalue weighted by Crippen LogP contribution is 2.02. The normalized spacial score (nSPS) is 9.45. The Morgan fingerprint density at radius 2 is 2.09 bits per heavy atom. The first-order chi connectivity index (χ1) is 5.09. The molecule has 0 atom stereocenters. The van der Waals surface area contributed by atoms with E-state index in [-0.39, 0.29) is 5.56 Å². The van der Waals surface area contributed by atoms with Crippen LogP contribution in [0.3, 0.4) is 0 Å². The van der Waals surface area contributed by atoms with Crippen molar-refractivity contribution in [1.29, 1.82) is 0 Å². The Balaban J connectivity index is 3.30. The minimum atomic E-state index is -1.24. The van der Waals surface area contributed by atoms with Crippen LogP contribution in [0.2, 0.25) is 0 Å². The van der Waals surface area contributed by atoms with Gasteiger partial charge in [-0.25, -0.2) is 4.79 Å². The molecule has 1 rings (SSSR count). The van der Waals surface area contributed by atoms with E-state index in [1.54, 1.807) is 0 Å². The highest BCUT2D eigenvalue weighted by molar-refractivity contribution is 5.87. The number of carboxylic acids is 1. The first kappa shape index (κ1) is 7.33. The molecule has 0 aliphatic carbocycles. The number of aromatic carboxylic acids is 1. The number of pyridine rings is 1. The molecule has 1 heterocycles. The largest absolute Gasteiger partial charge is 0.494 e. The molecule has 0 aromatic carbocycles. The smallest absolute Gasteiger partial charge is 0.336 e. The molecule has 0 spiro atoms. The summed E-state index contributed by atoms with van der Waals surface area (Å²) in [6.45, 7) is 0. The molecule has 0 bridgehead atoms. The van der Waals surface area contributed by atoms with Gasteiger partial charge in [0.25, 0.3) is 5.56 Å². The van der Waals surface area contributed by atoms with Crippen LogP contribution in [-0.4, -0.2) is 21.2 Å². The summed E-state index contributed by atoms with van der Waals surface area (Å²) < 4.78 is 0. The topological polar surface area (TPSA) is 90.4 Å². The molecular weight excluding hydrogens is 156 g/mol. The number of H-pyrrole nitrogens is 1. The second-order valence-electron chi connectivity index (χ2n) is 1.92. The Hall–Kier alpha value is -1.78. The molecule has 0 aliphatic heterocycles. The summed E-state index contributed by atoms with van der Waals surface area (Å²) in [4.78, 5) is 22.8. The number of hydrogen-bond donors (Lipinski definition) is 3. The van der Waals surface area contributed by atoms with Gasteiger partial charge >= 0.3 is 5.97 Å². The Morgan fingerprint density at radius 1 is 1.45 bits per heavy atom. The van der Waals surface area contributed by atoms with E-state index >= 15 is 0 Å². The van der Waals surface area contributed by atoms with E-state index < -0.39 is 17.4 Å². The maximum absolute atomic E-state index is 10.5. The van der Waals surface area contributed by atoms with Crippen LogP contribution >= 0.6 is 0 Å². The number of hydrogen-bond acceptors (Lipinski definition) is 3. The lowest BCUT2D eigenvalue weighted by Crippen LogP contribution is -2.08. The van der Waals surface area contributed by atoms with Gasteiger partial charge < -0.3 is 10.2 Å². The van der Waals surface area contributed by atoms with Crippen LogP contribution in [0.4, 0.5) is 0 Å². The molecule has 0 aliphatic rings. The second kappa shape index (κ2) is 2.45. The van der Waals surface area contributed by atoms with Crippen molar-refractivity contribution in [3.8, 4) is 5.88 Å². The van der Waals surface area contributed by atoms with Crippen LogP contribution in [-0.2, 0) is 0 Å². The molecule has 0 radical (unpaired) electrons. The van der Waals surface area contributed by atoms with E-state index in [0.29, 0.717) is 0 Å². The lowest BCUT2D eigenvalue weighted by Gasteiger charge is -1.93. The molecule has 0 amide bonds. The minimum absolute atomic E-state index is 0.230. The van der Waals surface area contributed by atoms with Gasteiger partial charge in [-0.15, -0.1) is 0 Å². The van der Waals surface area contributed by atoms with Crippen molar-refractivity contribution >= 4 is 5.97 Å². The summed E-state index contributed by atoms with van der Waals surface area (Å²) in [6.07, 6.45) is 0. The van der Waals surface area contributed by atoms with Gasteiger partial charge in [0.2, 0.25) is 0 Å². The van der Waals surface area contributed by atoms with Crippen LogP contribution in [0.25, 0.3) is 0 Å². The van der Waals surface area contributed by atoms with Crippen molar-refractivity contribution in [3.63, 3.8) is 0 Å². The zero-order valence-electron chi connectivity index (χ0n) is 5.37. The fraction of sp³-hybridized carbons (Fsp3) is 0. The summed E-state index contributed by atoms with van der Waals surface area (Å²) >= 11 is 0. The summed E-state index contributed by atoms with van der Waals surface area (Å²) in [6, 6.07) is 1.85. The number of aromatic nitrogens is 1. The maximum atomic E-state index is 10.5. The van der Waals surface area contributed by atoms with Gasteiger partial charge in [0, 0.05) is 12.1 Å². The second-order valence-corrected chi connectivity index (χ2v) is 1.92. The molecule has 11 heavy (non-hydrogen) atoms. The van der Waals surface area contributed by atoms with E-state index in [9.17, 15) is 9.59 Å². The van der Waals surface area contributed by atoms with E-state index in [1.807, 2.05) is 4.98 Å². The van der Waals surface area contributed by atoms with Gasteiger partial charge in [0.05, 0.1) is 5.56 Å². The van der Waals surface area contributed by atoms with Crippen molar-refractivity contribution in [2.45, 2.75) is 0 Å². The number of aromatic amines is 1. The van der Waals surface area contributed by atoms with Crippen molar-refractivity contribution in [1.82, 2.24) is 4.98 Å². The third-order valence-corrected chi connectivity index (χ3v) is 1.08. The quantitative estimate of drug-likeness (QED) is 0.496. The van der Waals surface area contributed by atoms with Crippen LogP contribution in [0.1, 0.15) is 10.4 Å². The number of carboxylic acid groups (broad SMARTS) is 1. The number of aromatic hydroxyl groups is 1. The summed E-state index contributed by atoms with van der Waals surface area (Å²) in [5, 5.41) is 17.1. The average molecular weight is 161 g/mol. The fourth-order valence-corrected chi connectivity index (χ4v) is 0.652. The predicted molar refractivity (Wildman–Crippen MR) is 35.7 cm³/mol. The van der Waals surface area contributed by atoms with E-state index in [2.05, 4.69) is 0 Å². The molecule has 5 heteroatoms. The molecule has 0 fully saturated rings. The van der Waals surface area contributed by atoms with Crippen molar-refractivity contribution in [2.24, 2.45) is 0 Å². The number of rotatable bonds is 1. The molecule has 1 aromatic rings. The van der Waals surface area contributed by atoms with E-state index in [1.165, 1.54) is 0 Å². The van der Waals surface area contributed by atoms with Gasteiger partial charge in [-0.1, -0.05) is 0 Å². The Kier molecular flexibility index (Phi) is 1.63. The lowest BCUT2D eigenvalue weighted by atomic mass is 11.2. The number of carbonyl (C=O) groups is 1. The Labute approximate surface area is 60.9 Å². The average Bonchev–Trinajstić information content (AvgIpc) is 1.85. The summed E-state index contributed by atoms with van der Waals surface area (Å²) in [5.74, 6) is -1.69. The zero-order chi connectivity index (χ0) is 8.43. The van der Waals surface area contributed by atoms with Gasteiger partial charge in [-0.3, -0.25) is 9.78 Å². The van der Waals surface area contributed by atoms with E-state index in [4.69, 9.17) is 10.2 Å². The van der Waals surface area contributed by atoms with Crippen molar-refractivity contribution < 1.29 is 15.0 Å². The SMILES string of the molecule is O=[13C](O)[13c]1[13cH][13c](O)[nH][13c](=O)[13cH]1. The Bertz CT molecular complexity index is 341. The van der Waals surface area contributed by atoms with E-state index in [0.717, 1.165) is 12.1 Å². The minimum Gasteiger partial charge on any atom is -0.494 e. The summed E-state index contributed by atoms with van der Waals surface area (Å²) in [7, 11) is 0.